The first-order chi connectivity index (χ1) is 13.8. The summed E-state index contributed by atoms with van der Waals surface area (Å²) in [5.74, 6) is 1.94. The lowest BCUT2D eigenvalue weighted by molar-refractivity contribution is 0.233. The smallest absolute Gasteiger partial charge is 0.176 e. The third kappa shape index (κ3) is 3.14. The van der Waals surface area contributed by atoms with Crippen molar-refractivity contribution < 1.29 is 9.15 Å². The van der Waals surface area contributed by atoms with Crippen molar-refractivity contribution in [2.75, 3.05) is 19.7 Å². The maximum absolute atomic E-state index is 6.24. The zero-order valence-electron chi connectivity index (χ0n) is 16.1. The summed E-state index contributed by atoms with van der Waals surface area (Å²) in [5, 5.41) is 2.41. The summed E-state index contributed by atoms with van der Waals surface area (Å²) in [6, 6.07) is 16.9. The van der Waals surface area contributed by atoms with Crippen molar-refractivity contribution in [3.05, 3.63) is 71.6 Å². The maximum Gasteiger partial charge on any atom is 0.176 e. The number of pyridine rings is 1. The molecular weight excluding hydrogens is 348 g/mol. The molecule has 142 valence electrons. The Hall–Kier alpha value is -2.85. The molecular formula is C24H24N2O2. The highest BCUT2D eigenvalue weighted by molar-refractivity contribution is 5.87. The third-order valence-electron chi connectivity index (χ3n) is 5.60. The number of nitrogens with zero attached hydrogens (tertiary/aromatic N) is 2. The molecule has 0 spiro atoms. The van der Waals surface area contributed by atoms with E-state index in [-0.39, 0.29) is 0 Å². The minimum absolute atomic E-state index is 0.650. The van der Waals surface area contributed by atoms with Gasteiger partial charge in [0.05, 0.1) is 18.7 Å². The van der Waals surface area contributed by atoms with Crippen LogP contribution in [0.15, 0.2) is 59.1 Å². The molecule has 2 aromatic heterocycles. The van der Waals surface area contributed by atoms with Crippen LogP contribution in [-0.4, -0.2) is 29.6 Å². The van der Waals surface area contributed by atoms with Crippen molar-refractivity contribution in [1.29, 1.82) is 0 Å². The van der Waals surface area contributed by atoms with E-state index in [9.17, 15) is 0 Å². The molecule has 28 heavy (non-hydrogen) atoms. The average Bonchev–Trinajstić information content (AvgIpc) is 3.11. The molecule has 0 bridgehead atoms. The Labute approximate surface area is 164 Å². The molecule has 4 heteroatoms. The molecule has 2 aromatic carbocycles. The average molecular weight is 372 g/mol. The minimum atomic E-state index is 0.650. The molecule has 3 heterocycles. The van der Waals surface area contributed by atoms with E-state index in [1.165, 1.54) is 21.9 Å². The first-order valence-corrected chi connectivity index (χ1v) is 10.0. The van der Waals surface area contributed by atoms with E-state index in [0.29, 0.717) is 6.61 Å². The number of fused-ring (bicyclic) bond motifs is 4. The Kier molecular flexibility index (Phi) is 4.49. The number of para-hydroxylation sites is 1. The Bertz CT molecular complexity index is 1130. The second kappa shape index (κ2) is 7.28. The number of rotatable bonds is 5. The Morgan fingerprint density at radius 1 is 1.14 bits per heavy atom. The van der Waals surface area contributed by atoms with Gasteiger partial charge in [0.25, 0.3) is 0 Å². The van der Waals surface area contributed by atoms with Gasteiger partial charge in [0, 0.05) is 35.6 Å². The summed E-state index contributed by atoms with van der Waals surface area (Å²) >= 11 is 0. The van der Waals surface area contributed by atoms with Gasteiger partial charge in [-0.2, -0.15) is 0 Å². The molecule has 0 unspecified atom stereocenters. The lowest BCUT2D eigenvalue weighted by atomic mass is 10.0. The van der Waals surface area contributed by atoms with E-state index < -0.39 is 0 Å². The van der Waals surface area contributed by atoms with Gasteiger partial charge < -0.3 is 9.15 Å². The fourth-order valence-corrected chi connectivity index (χ4v) is 4.16. The monoisotopic (exact) mass is 372 g/mol. The molecule has 4 nitrogen and oxygen atoms in total. The molecule has 0 saturated carbocycles. The number of hydrogen-bond acceptors (Lipinski definition) is 4. The molecule has 1 aliphatic heterocycles. The summed E-state index contributed by atoms with van der Waals surface area (Å²) in [5.41, 5.74) is 4.65. The van der Waals surface area contributed by atoms with Gasteiger partial charge >= 0.3 is 0 Å². The summed E-state index contributed by atoms with van der Waals surface area (Å²) in [6.45, 7) is 5.60. The summed E-state index contributed by atoms with van der Waals surface area (Å²) in [6.07, 6.45) is 3.90. The number of benzene rings is 2. The number of ether oxygens (including phenoxy) is 1. The molecule has 0 radical (unpaired) electrons. The number of aromatic nitrogens is 1. The topological polar surface area (TPSA) is 38.5 Å². The van der Waals surface area contributed by atoms with Gasteiger partial charge in [-0.25, -0.2) is 0 Å². The van der Waals surface area contributed by atoms with Gasteiger partial charge in [0.15, 0.2) is 11.3 Å². The molecule has 4 aromatic rings. The van der Waals surface area contributed by atoms with E-state index in [1.54, 1.807) is 0 Å². The van der Waals surface area contributed by atoms with Gasteiger partial charge in [-0.05, 0) is 43.5 Å². The highest BCUT2D eigenvalue weighted by Crippen LogP contribution is 2.35. The van der Waals surface area contributed by atoms with Crippen molar-refractivity contribution in [1.82, 2.24) is 9.88 Å². The van der Waals surface area contributed by atoms with Crippen LogP contribution in [0.25, 0.3) is 21.9 Å². The first kappa shape index (κ1) is 17.3. The zero-order valence-corrected chi connectivity index (χ0v) is 16.1. The largest absolute Gasteiger partial charge is 0.490 e. The molecule has 0 atom stereocenters. The highest BCUT2D eigenvalue weighted by atomic mass is 16.5. The SMILES string of the molecule is CCOc1cccc2c3c(oc12)CN(CCc1ccc2cccnc2c1)CC3. The van der Waals surface area contributed by atoms with E-state index in [1.807, 2.05) is 25.3 Å². The van der Waals surface area contributed by atoms with E-state index in [4.69, 9.17) is 9.15 Å². The van der Waals surface area contributed by atoms with Crippen LogP contribution in [0.1, 0.15) is 23.8 Å². The third-order valence-corrected chi connectivity index (χ3v) is 5.60. The highest BCUT2D eigenvalue weighted by Gasteiger charge is 2.23. The van der Waals surface area contributed by atoms with Crippen molar-refractivity contribution in [2.24, 2.45) is 0 Å². The van der Waals surface area contributed by atoms with Crippen LogP contribution < -0.4 is 4.74 Å². The molecule has 0 aliphatic carbocycles. The van der Waals surface area contributed by atoms with Crippen molar-refractivity contribution in [3.63, 3.8) is 0 Å². The Morgan fingerprint density at radius 3 is 3.04 bits per heavy atom. The Balaban J connectivity index is 1.32. The molecule has 5 rings (SSSR count). The van der Waals surface area contributed by atoms with Crippen LogP contribution >= 0.6 is 0 Å². The van der Waals surface area contributed by atoms with Gasteiger partial charge in [0.1, 0.15) is 5.76 Å². The van der Waals surface area contributed by atoms with E-state index in [0.717, 1.165) is 55.1 Å². The number of hydrogen-bond donors (Lipinski definition) is 0. The van der Waals surface area contributed by atoms with Crippen molar-refractivity contribution >= 4 is 21.9 Å². The molecule has 0 amide bonds. The van der Waals surface area contributed by atoms with Crippen molar-refractivity contribution in [3.8, 4) is 5.75 Å². The fraction of sp³-hybridized carbons (Fsp3) is 0.292. The maximum atomic E-state index is 6.24. The normalized spacial score (nSPS) is 14.5. The van der Waals surface area contributed by atoms with Gasteiger partial charge in [-0.3, -0.25) is 9.88 Å². The minimum Gasteiger partial charge on any atom is -0.490 e. The molecule has 0 saturated heterocycles. The van der Waals surface area contributed by atoms with Crippen molar-refractivity contribution in [2.45, 2.75) is 26.3 Å². The quantitative estimate of drug-likeness (QED) is 0.495. The molecule has 0 fully saturated rings. The lowest BCUT2D eigenvalue weighted by Crippen LogP contribution is -2.31. The van der Waals surface area contributed by atoms with Gasteiger partial charge in [-0.15, -0.1) is 0 Å². The van der Waals surface area contributed by atoms with Crippen LogP contribution in [0, 0.1) is 0 Å². The molecule has 0 N–H and O–H groups in total. The lowest BCUT2D eigenvalue weighted by Gasteiger charge is -2.25. The predicted molar refractivity (Wildman–Crippen MR) is 112 cm³/mol. The number of furan rings is 1. The van der Waals surface area contributed by atoms with E-state index >= 15 is 0 Å². The first-order valence-electron chi connectivity index (χ1n) is 10.0. The zero-order chi connectivity index (χ0) is 18.9. The van der Waals surface area contributed by atoms with Crippen LogP contribution in [-0.2, 0) is 19.4 Å². The predicted octanol–water partition coefficient (Wildman–Crippen LogP) is 4.98. The van der Waals surface area contributed by atoms with E-state index in [2.05, 4.69) is 46.3 Å². The fourth-order valence-electron chi connectivity index (χ4n) is 4.16. The van der Waals surface area contributed by atoms with Crippen LogP contribution in [0.4, 0.5) is 0 Å². The second-order valence-electron chi connectivity index (χ2n) is 7.38. The van der Waals surface area contributed by atoms with Crippen LogP contribution in [0.3, 0.4) is 0 Å². The van der Waals surface area contributed by atoms with Crippen LogP contribution in [0.2, 0.25) is 0 Å². The Morgan fingerprint density at radius 2 is 2.11 bits per heavy atom. The summed E-state index contributed by atoms with van der Waals surface area (Å²) in [4.78, 5) is 6.95. The summed E-state index contributed by atoms with van der Waals surface area (Å²) < 4.78 is 12.0. The van der Waals surface area contributed by atoms with Gasteiger partial charge in [-0.1, -0.05) is 30.3 Å². The molecule has 1 aliphatic rings. The summed E-state index contributed by atoms with van der Waals surface area (Å²) in [7, 11) is 0. The van der Waals surface area contributed by atoms with Gasteiger partial charge in [0.2, 0.25) is 0 Å². The second-order valence-corrected chi connectivity index (χ2v) is 7.38. The standard InChI is InChI=1S/C24H24N2O2/c1-2-27-22-7-3-6-20-19-11-14-26(16-23(19)28-24(20)22)13-10-17-8-9-18-5-4-12-25-21(18)15-17/h3-9,12,15H,2,10-11,13-14,16H2,1H3. The van der Waals surface area contributed by atoms with Crippen LogP contribution in [0.5, 0.6) is 5.75 Å².